The van der Waals surface area contributed by atoms with Crippen LogP contribution in [0.5, 0.6) is 0 Å². The largest absolute Gasteiger partial charge is 0.465 e. The Bertz CT molecular complexity index is 1050. The number of pyridine rings is 1. The quantitative estimate of drug-likeness (QED) is 0.636. The number of anilines is 1. The van der Waals surface area contributed by atoms with Gasteiger partial charge < -0.3 is 15.0 Å². The minimum Gasteiger partial charge on any atom is -0.465 e. The number of aromatic amines is 1. The number of nitrogens with zero attached hydrogens (tertiary/aromatic N) is 2. The van der Waals surface area contributed by atoms with E-state index in [0.717, 1.165) is 0 Å². The maximum atomic E-state index is 14.0. The second kappa shape index (κ2) is 8.43. The molecule has 8 heteroatoms. The van der Waals surface area contributed by atoms with Crippen molar-refractivity contribution in [2.75, 3.05) is 12.4 Å². The number of ether oxygens (including phenoxy) is 1. The molecule has 0 atom stereocenters. The molecule has 144 valence electrons. The first kappa shape index (κ1) is 19.2. The molecule has 2 N–H and O–H groups in total. The topological polar surface area (TPSA) is 97.0 Å². The molecule has 0 saturated carbocycles. The summed E-state index contributed by atoms with van der Waals surface area (Å²) in [4.78, 5) is 34.6. The zero-order valence-electron chi connectivity index (χ0n) is 15.5. The van der Waals surface area contributed by atoms with Crippen molar-refractivity contribution in [1.29, 1.82) is 0 Å². The summed E-state index contributed by atoms with van der Waals surface area (Å²) in [5, 5.41) is 3.00. The summed E-state index contributed by atoms with van der Waals surface area (Å²) in [7, 11) is 1.27. The highest BCUT2D eigenvalue weighted by Crippen LogP contribution is 2.17. The van der Waals surface area contributed by atoms with Gasteiger partial charge in [-0.2, -0.15) is 0 Å². The molecule has 0 unspecified atom stereocenters. The van der Waals surface area contributed by atoms with Gasteiger partial charge in [0.15, 0.2) is 0 Å². The van der Waals surface area contributed by atoms with Crippen LogP contribution in [0.4, 0.5) is 10.2 Å². The highest BCUT2D eigenvalue weighted by Gasteiger charge is 2.10. The highest BCUT2D eigenvalue weighted by atomic mass is 19.1. The van der Waals surface area contributed by atoms with Gasteiger partial charge in [-0.05, 0) is 36.8 Å². The molecular formula is C20H19FN4O3. The third-order valence-electron chi connectivity index (χ3n) is 4.12. The van der Waals surface area contributed by atoms with Crippen LogP contribution in [-0.2, 0) is 17.7 Å². The molecule has 0 amide bonds. The molecule has 3 rings (SSSR count). The Morgan fingerprint density at radius 2 is 2.07 bits per heavy atom. The summed E-state index contributed by atoms with van der Waals surface area (Å²) in [5.74, 6) is -0.00435. The molecule has 7 nitrogen and oxygen atoms in total. The zero-order chi connectivity index (χ0) is 20.1. The van der Waals surface area contributed by atoms with Gasteiger partial charge in [-0.3, -0.25) is 4.79 Å². The monoisotopic (exact) mass is 382 g/mol. The first-order valence-electron chi connectivity index (χ1n) is 8.67. The van der Waals surface area contributed by atoms with E-state index >= 15 is 0 Å². The lowest BCUT2D eigenvalue weighted by Crippen LogP contribution is -2.10. The van der Waals surface area contributed by atoms with Crippen molar-refractivity contribution in [3.63, 3.8) is 0 Å². The van der Waals surface area contributed by atoms with E-state index in [1.807, 2.05) is 6.92 Å². The van der Waals surface area contributed by atoms with E-state index in [2.05, 4.69) is 25.0 Å². The van der Waals surface area contributed by atoms with E-state index in [-0.39, 0.29) is 17.7 Å². The van der Waals surface area contributed by atoms with E-state index in [1.54, 1.807) is 18.3 Å². The van der Waals surface area contributed by atoms with E-state index in [9.17, 15) is 14.0 Å². The first-order chi connectivity index (χ1) is 13.5. The Morgan fingerprint density at radius 1 is 1.25 bits per heavy atom. The molecular weight excluding hydrogens is 363 g/mol. The number of methoxy groups -OCH3 is 1. The van der Waals surface area contributed by atoms with Crippen molar-refractivity contribution in [3.05, 3.63) is 75.6 Å². The van der Waals surface area contributed by atoms with Gasteiger partial charge in [0, 0.05) is 35.6 Å². The summed E-state index contributed by atoms with van der Waals surface area (Å²) in [6.07, 6.45) is 2.22. The van der Waals surface area contributed by atoms with Crippen LogP contribution >= 0.6 is 0 Å². The van der Waals surface area contributed by atoms with Crippen LogP contribution < -0.4 is 10.9 Å². The minimum absolute atomic E-state index is 0.142. The van der Waals surface area contributed by atoms with Crippen molar-refractivity contribution in [3.8, 4) is 11.4 Å². The Morgan fingerprint density at radius 3 is 2.75 bits per heavy atom. The summed E-state index contributed by atoms with van der Waals surface area (Å²) in [6.45, 7) is 2.06. The predicted octanol–water partition coefficient (Wildman–Crippen LogP) is 2.93. The number of nitrogens with one attached hydrogen (secondary N) is 2. The summed E-state index contributed by atoms with van der Waals surface area (Å²) in [5.41, 5.74) is 1.73. The average Bonchev–Trinajstić information content (AvgIpc) is 2.72. The van der Waals surface area contributed by atoms with Crippen LogP contribution in [-0.4, -0.2) is 28.0 Å². The van der Waals surface area contributed by atoms with E-state index in [0.29, 0.717) is 34.9 Å². The predicted molar refractivity (Wildman–Crippen MR) is 103 cm³/mol. The minimum atomic E-state index is -0.528. The highest BCUT2D eigenvalue weighted by molar-refractivity contribution is 5.89. The molecule has 0 aliphatic heterocycles. The fourth-order valence-electron chi connectivity index (χ4n) is 2.61. The van der Waals surface area contributed by atoms with Crippen molar-refractivity contribution >= 4 is 11.8 Å². The first-order valence-corrected chi connectivity index (χ1v) is 8.67. The van der Waals surface area contributed by atoms with Gasteiger partial charge in [0.25, 0.3) is 5.56 Å². The maximum absolute atomic E-state index is 14.0. The normalized spacial score (nSPS) is 10.5. The molecule has 0 spiro atoms. The molecule has 0 aliphatic carbocycles. The van der Waals surface area contributed by atoms with Crippen molar-refractivity contribution in [1.82, 2.24) is 15.0 Å². The number of halogens is 1. The van der Waals surface area contributed by atoms with Crippen LogP contribution in [0.25, 0.3) is 11.4 Å². The SMILES string of the molecule is CCc1cc(=O)[nH]c(-c2ccc(NCc3cc(C(=O)OC)ccc3F)nc2)n1. The van der Waals surface area contributed by atoms with Gasteiger partial charge >= 0.3 is 5.97 Å². The molecule has 3 aromatic rings. The third kappa shape index (κ3) is 4.40. The number of rotatable bonds is 6. The second-order valence-corrected chi connectivity index (χ2v) is 6.02. The van der Waals surface area contributed by atoms with Gasteiger partial charge in [-0.25, -0.2) is 19.2 Å². The number of benzene rings is 1. The molecule has 0 radical (unpaired) electrons. The van der Waals surface area contributed by atoms with Crippen molar-refractivity contribution in [2.24, 2.45) is 0 Å². The molecule has 0 aliphatic rings. The fraction of sp³-hybridized carbons (Fsp3) is 0.200. The van der Waals surface area contributed by atoms with Gasteiger partial charge in [-0.15, -0.1) is 0 Å². The zero-order valence-corrected chi connectivity index (χ0v) is 15.5. The van der Waals surface area contributed by atoms with Gasteiger partial charge in [0.2, 0.25) is 0 Å². The number of hydrogen-bond acceptors (Lipinski definition) is 6. The third-order valence-corrected chi connectivity index (χ3v) is 4.12. The van der Waals surface area contributed by atoms with E-state index in [4.69, 9.17) is 0 Å². The lowest BCUT2D eigenvalue weighted by Gasteiger charge is -2.09. The number of aromatic nitrogens is 3. The maximum Gasteiger partial charge on any atom is 0.337 e. The molecule has 1 aromatic carbocycles. The second-order valence-electron chi connectivity index (χ2n) is 6.02. The molecule has 0 fully saturated rings. The number of carbonyl (C=O) groups excluding carboxylic acids is 1. The van der Waals surface area contributed by atoms with Gasteiger partial charge in [-0.1, -0.05) is 6.92 Å². The molecule has 2 heterocycles. The Balaban J connectivity index is 1.74. The van der Waals surface area contributed by atoms with Crippen LogP contribution in [0.3, 0.4) is 0 Å². The number of aryl methyl sites for hydroxylation is 1. The molecule has 0 bridgehead atoms. The molecule has 28 heavy (non-hydrogen) atoms. The average molecular weight is 382 g/mol. The number of carbonyl (C=O) groups is 1. The van der Waals surface area contributed by atoms with Crippen LogP contribution in [0.2, 0.25) is 0 Å². The number of hydrogen-bond donors (Lipinski definition) is 2. The number of esters is 1. The lowest BCUT2D eigenvalue weighted by molar-refractivity contribution is 0.0600. The van der Waals surface area contributed by atoms with E-state index < -0.39 is 11.8 Å². The van der Waals surface area contributed by atoms with Crippen molar-refractivity contribution in [2.45, 2.75) is 19.9 Å². The fourth-order valence-corrected chi connectivity index (χ4v) is 2.61. The van der Waals surface area contributed by atoms with Crippen LogP contribution in [0, 0.1) is 5.82 Å². The van der Waals surface area contributed by atoms with Gasteiger partial charge in [0.05, 0.1) is 12.7 Å². The Kier molecular flexibility index (Phi) is 5.78. The van der Waals surface area contributed by atoms with Gasteiger partial charge in [0.1, 0.15) is 17.5 Å². The summed E-state index contributed by atoms with van der Waals surface area (Å²) >= 11 is 0. The molecule has 2 aromatic heterocycles. The summed E-state index contributed by atoms with van der Waals surface area (Å²) < 4.78 is 18.6. The van der Waals surface area contributed by atoms with Crippen molar-refractivity contribution < 1.29 is 13.9 Å². The number of H-pyrrole nitrogens is 1. The standard InChI is InChI=1S/C20H19FN4O3/c1-3-15-9-18(26)25-19(24-15)13-5-7-17(22-10-13)23-11-14-8-12(20(27)28-2)4-6-16(14)21/h4-10H,3,11H2,1-2H3,(H,22,23)(H,24,25,26). The Hall–Kier alpha value is -3.55. The summed E-state index contributed by atoms with van der Waals surface area (Å²) in [6, 6.07) is 8.96. The smallest absolute Gasteiger partial charge is 0.337 e. The van der Waals surface area contributed by atoms with E-state index in [1.165, 1.54) is 31.4 Å². The Labute approximate surface area is 160 Å². The van der Waals surface area contributed by atoms with Crippen LogP contribution in [0.15, 0.2) is 47.4 Å². The van der Waals surface area contributed by atoms with Crippen LogP contribution in [0.1, 0.15) is 28.5 Å². The lowest BCUT2D eigenvalue weighted by atomic mass is 10.1. The molecule has 0 saturated heterocycles.